The van der Waals surface area contributed by atoms with Crippen LogP contribution in [0.5, 0.6) is 11.5 Å². The molecule has 0 bridgehead atoms. The summed E-state index contributed by atoms with van der Waals surface area (Å²) in [7, 11) is -2.77. The Morgan fingerprint density at radius 1 is 0.921 bits per heavy atom. The molecular formula is C28H20INO6S2. The predicted molar refractivity (Wildman–Crippen MR) is 155 cm³/mol. The molecule has 0 saturated carbocycles. The number of carbonyl (C=O) groups excluding carboxylic acids is 2. The second-order valence-electron chi connectivity index (χ2n) is 8.32. The molecule has 0 spiro atoms. The maximum absolute atomic E-state index is 13.2. The van der Waals surface area contributed by atoms with Crippen LogP contribution in [0.15, 0.2) is 94.7 Å². The molecule has 0 aliphatic carbocycles. The summed E-state index contributed by atoms with van der Waals surface area (Å²) in [6, 6.07) is 24.3. The highest BCUT2D eigenvalue weighted by molar-refractivity contribution is 14.1. The molecule has 1 aliphatic heterocycles. The molecule has 4 aromatic carbocycles. The van der Waals surface area contributed by atoms with E-state index in [1.807, 2.05) is 42.5 Å². The van der Waals surface area contributed by atoms with E-state index in [-0.39, 0.29) is 33.1 Å². The Morgan fingerprint density at radius 2 is 1.66 bits per heavy atom. The molecule has 4 aromatic rings. The average molecular weight is 658 g/mol. The molecule has 192 valence electrons. The number of carbonyl (C=O) groups is 2. The first kappa shape index (κ1) is 26.3. The molecule has 0 N–H and O–H groups in total. The Bertz CT molecular complexity index is 1700. The van der Waals surface area contributed by atoms with Gasteiger partial charge in [0.2, 0.25) is 0 Å². The lowest BCUT2D eigenvalue weighted by Gasteiger charge is -2.13. The molecule has 0 radical (unpaired) electrons. The third-order valence-corrected chi connectivity index (χ3v) is 8.75. The SMILES string of the molecule is COc1cc(/C=C2\SC(=O)N(Cc3ccc(I)cc3)C2=O)ccc1OS(=O)(=O)c1cccc2ccccc12. The molecule has 1 aliphatic rings. The molecule has 5 rings (SSSR count). The summed E-state index contributed by atoms with van der Waals surface area (Å²) < 4.78 is 38.2. The third kappa shape index (κ3) is 5.42. The lowest BCUT2D eigenvalue weighted by Crippen LogP contribution is -2.27. The van der Waals surface area contributed by atoms with Gasteiger partial charge in [0.25, 0.3) is 11.1 Å². The molecule has 7 nitrogen and oxygen atoms in total. The van der Waals surface area contributed by atoms with Crippen molar-refractivity contribution in [2.45, 2.75) is 11.4 Å². The fraction of sp³-hybridized carbons (Fsp3) is 0.0714. The van der Waals surface area contributed by atoms with Crippen LogP contribution in [-0.4, -0.2) is 31.6 Å². The number of nitrogens with zero attached hydrogens (tertiary/aromatic N) is 1. The van der Waals surface area contributed by atoms with Crippen LogP contribution >= 0.6 is 34.4 Å². The lowest BCUT2D eigenvalue weighted by atomic mass is 10.1. The Balaban J connectivity index is 1.38. The van der Waals surface area contributed by atoms with Crippen LogP contribution < -0.4 is 8.92 Å². The van der Waals surface area contributed by atoms with E-state index in [1.54, 1.807) is 36.4 Å². The van der Waals surface area contributed by atoms with E-state index in [0.717, 1.165) is 26.3 Å². The number of rotatable bonds is 7. The second kappa shape index (κ2) is 10.8. The summed E-state index contributed by atoms with van der Waals surface area (Å²) in [5.41, 5.74) is 1.40. The van der Waals surface area contributed by atoms with Crippen LogP contribution in [0.4, 0.5) is 4.79 Å². The number of hydrogen-bond donors (Lipinski definition) is 0. The van der Waals surface area contributed by atoms with Crippen molar-refractivity contribution in [2.24, 2.45) is 0 Å². The minimum atomic E-state index is -4.17. The van der Waals surface area contributed by atoms with Crippen molar-refractivity contribution in [1.82, 2.24) is 4.90 Å². The Morgan fingerprint density at radius 3 is 2.42 bits per heavy atom. The Hall–Kier alpha value is -3.35. The number of imide groups is 1. The maximum atomic E-state index is 13.2. The minimum Gasteiger partial charge on any atom is -0.493 e. The number of amides is 2. The lowest BCUT2D eigenvalue weighted by molar-refractivity contribution is -0.123. The number of ether oxygens (including phenoxy) is 1. The van der Waals surface area contributed by atoms with E-state index >= 15 is 0 Å². The van der Waals surface area contributed by atoms with Gasteiger partial charge in [-0.25, -0.2) is 0 Å². The molecule has 1 heterocycles. The van der Waals surface area contributed by atoms with Crippen molar-refractivity contribution in [3.8, 4) is 11.5 Å². The van der Waals surface area contributed by atoms with Crippen LogP contribution in [0.25, 0.3) is 16.8 Å². The quantitative estimate of drug-likeness (QED) is 0.128. The summed E-state index contributed by atoms with van der Waals surface area (Å²) in [6.07, 6.45) is 1.57. The van der Waals surface area contributed by atoms with Gasteiger partial charge in [-0.1, -0.05) is 54.6 Å². The fourth-order valence-electron chi connectivity index (χ4n) is 3.98. The third-order valence-electron chi connectivity index (χ3n) is 5.83. The first-order chi connectivity index (χ1) is 18.2. The van der Waals surface area contributed by atoms with Gasteiger partial charge < -0.3 is 8.92 Å². The highest BCUT2D eigenvalue weighted by Crippen LogP contribution is 2.36. The summed E-state index contributed by atoms with van der Waals surface area (Å²) in [5.74, 6) is -0.221. The smallest absolute Gasteiger partial charge is 0.339 e. The Kier molecular flexibility index (Phi) is 7.46. The largest absolute Gasteiger partial charge is 0.493 e. The number of thioether (sulfide) groups is 1. The number of benzene rings is 4. The van der Waals surface area contributed by atoms with Crippen LogP contribution in [0, 0.1) is 3.57 Å². The second-order valence-corrected chi connectivity index (χ2v) is 12.1. The topological polar surface area (TPSA) is 90.0 Å². The van der Waals surface area contributed by atoms with Gasteiger partial charge in [0.05, 0.1) is 18.6 Å². The van der Waals surface area contributed by atoms with Crippen LogP contribution in [0.2, 0.25) is 0 Å². The van der Waals surface area contributed by atoms with Gasteiger partial charge in [-0.3, -0.25) is 14.5 Å². The molecule has 0 unspecified atom stereocenters. The van der Waals surface area contributed by atoms with Crippen LogP contribution in [0.3, 0.4) is 0 Å². The fourth-order valence-corrected chi connectivity index (χ4v) is 6.34. The first-order valence-electron chi connectivity index (χ1n) is 11.4. The number of fused-ring (bicyclic) bond motifs is 1. The zero-order valence-electron chi connectivity index (χ0n) is 20.0. The van der Waals surface area contributed by atoms with Gasteiger partial charge in [-0.15, -0.1) is 0 Å². The van der Waals surface area contributed by atoms with Gasteiger partial charge in [0.15, 0.2) is 11.5 Å². The van der Waals surface area contributed by atoms with Crippen molar-refractivity contribution in [3.05, 3.63) is 105 Å². The molecule has 0 aromatic heterocycles. The van der Waals surface area contributed by atoms with E-state index in [9.17, 15) is 18.0 Å². The van der Waals surface area contributed by atoms with Crippen molar-refractivity contribution in [1.29, 1.82) is 0 Å². The zero-order valence-corrected chi connectivity index (χ0v) is 23.7. The van der Waals surface area contributed by atoms with E-state index in [1.165, 1.54) is 24.1 Å². The summed E-state index contributed by atoms with van der Waals surface area (Å²) in [6.45, 7) is 0.182. The number of hydrogen-bond acceptors (Lipinski definition) is 7. The summed E-state index contributed by atoms with van der Waals surface area (Å²) in [4.78, 5) is 27.0. The normalized spacial score (nSPS) is 14.9. The number of methoxy groups -OCH3 is 1. The zero-order chi connectivity index (χ0) is 26.9. The maximum Gasteiger partial charge on any atom is 0.339 e. The van der Waals surface area contributed by atoms with E-state index < -0.39 is 16.0 Å². The molecular weight excluding hydrogens is 637 g/mol. The van der Waals surface area contributed by atoms with Crippen molar-refractivity contribution in [2.75, 3.05) is 7.11 Å². The predicted octanol–water partition coefficient (Wildman–Crippen LogP) is 6.46. The van der Waals surface area contributed by atoms with E-state index in [4.69, 9.17) is 8.92 Å². The van der Waals surface area contributed by atoms with E-state index in [2.05, 4.69) is 22.6 Å². The van der Waals surface area contributed by atoms with Crippen molar-refractivity contribution in [3.63, 3.8) is 0 Å². The molecule has 10 heteroatoms. The highest BCUT2D eigenvalue weighted by atomic mass is 127. The van der Waals surface area contributed by atoms with Crippen molar-refractivity contribution < 1.29 is 26.9 Å². The van der Waals surface area contributed by atoms with E-state index in [0.29, 0.717) is 10.9 Å². The standard InChI is InChI=1S/C28H20INO6S2/c1-35-24-15-19(16-25-27(31)30(28(32)37-25)17-18-9-12-21(29)13-10-18)11-14-23(24)36-38(33,34)26-8-4-6-20-5-2-3-7-22(20)26/h2-16H,17H2,1H3/b25-16-. The molecule has 1 fully saturated rings. The highest BCUT2D eigenvalue weighted by Gasteiger charge is 2.35. The molecule has 0 atom stereocenters. The van der Waals surface area contributed by atoms with Crippen LogP contribution in [-0.2, 0) is 21.5 Å². The minimum absolute atomic E-state index is 0.00407. The number of halogens is 1. The average Bonchev–Trinajstić information content (AvgIpc) is 3.17. The van der Waals surface area contributed by atoms with Gasteiger partial charge in [0, 0.05) is 8.96 Å². The van der Waals surface area contributed by atoms with Crippen LogP contribution in [0.1, 0.15) is 11.1 Å². The first-order valence-corrected chi connectivity index (χ1v) is 14.7. The Labute approximate surface area is 237 Å². The molecule has 2 amide bonds. The van der Waals surface area contributed by atoms with Gasteiger partial charge in [0.1, 0.15) is 4.90 Å². The van der Waals surface area contributed by atoms with Gasteiger partial charge in [-0.2, -0.15) is 8.42 Å². The van der Waals surface area contributed by atoms with Gasteiger partial charge in [-0.05, 0) is 87.3 Å². The molecule has 1 saturated heterocycles. The van der Waals surface area contributed by atoms with Crippen molar-refractivity contribution >= 4 is 72.5 Å². The molecule has 38 heavy (non-hydrogen) atoms. The summed E-state index contributed by atoms with van der Waals surface area (Å²) in [5, 5.41) is 0.968. The summed E-state index contributed by atoms with van der Waals surface area (Å²) >= 11 is 3.05. The van der Waals surface area contributed by atoms with Gasteiger partial charge >= 0.3 is 10.1 Å². The monoisotopic (exact) mass is 657 g/mol.